The van der Waals surface area contributed by atoms with Crippen LogP contribution in [0.25, 0.3) is 10.1 Å². The summed E-state index contributed by atoms with van der Waals surface area (Å²) in [5.74, 6) is -2.18. The summed E-state index contributed by atoms with van der Waals surface area (Å²) in [6, 6.07) is 9.92. The van der Waals surface area contributed by atoms with E-state index in [9.17, 15) is 23.0 Å². The number of nitrogens with one attached hydrogen (secondary N) is 3. The average molecular weight is 575 g/mol. The van der Waals surface area contributed by atoms with Gasteiger partial charge in [-0.25, -0.2) is 9.37 Å². The monoisotopic (exact) mass is 574 g/mol. The Morgan fingerprint density at radius 3 is 2.84 bits per heavy atom. The largest absolute Gasteiger partial charge is 0.348 e. The molecule has 3 amide bonds. The molecule has 14 heteroatoms. The molecule has 3 heterocycles. The molecule has 1 aliphatic rings. The van der Waals surface area contributed by atoms with Gasteiger partial charge in [0.1, 0.15) is 18.1 Å². The number of fused-ring (bicyclic) bond motifs is 2. The Hall–Kier alpha value is -3.68. The molecule has 3 N–H and O–H groups in total. The van der Waals surface area contributed by atoms with E-state index >= 15 is 0 Å². The second kappa shape index (κ2) is 10.6. The molecule has 0 saturated carbocycles. The van der Waals surface area contributed by atoms with E-state index in [4.69, 9.17) is 11.6 Å². The van der Waals surface area contributed by atoms with E-state index < -0.39 is 40.4 Å². The predicted octanol–water partition coefficient (Wildman–Crippen LogP) is 2.87. The van der Waals surface area contributed by atoms with Gasteiger partial charge >= 0.3 is 0 Å². The Balaban J connectivity index is 1.60. The standard InChI is InChI=1S/C24H20ClFN6O4S2/c1-38(36)9-8-27-24(35)22-29-21(30-23(34)19-13-4-2-3-5-16(13)37-31-19)20-18(28-17(33)11-32(20)22)14-10-12(26)6-7-15(14)25/h2-7,10,18H,8-9,11H2,1H3,(H,27,35)(H,28,33)(H,30,34)/t18-,38-/m1/s1. The van der Waals surface area contributed by atoms with Gasteiger partial charge in [0.15, 0.2) is 5.82 Å². The third-order valence-electron chi connectivity index (χ3n) is 5.86. The first-order valence-corrected chi connectivity index (χ1v) is 14.2. The van der Waals surface area contributed by atoms with E-state index in [1.54, 1.807) is 12.1 Å². The highest BCUT2D eigenvalue weighted by molar-refractivity contribution is 7.84. The van der Waals surface area contributed by atoms with Crippen molar-refractivity contribution in [2.24, 2.45) is 0 Å². The molecule has 0 fully saturated rings. The fourth-order valence-electron chi connectivity index (χ4n) is 4.17. The first-order chi connectivity index (χ1) is 18.2. The molecule has 196 valence electrons. The van der Waals surface area contributed by atoms with E-state index in [-0.39, 0.29) is 52.5 Å². The molecule has 2 aromatic carbocycles. The molecule has 38 heavy (non-hydrogen) atoms. The zero-order valence-electron chi connectivity index (χ0n) is 19.8. The number of halogens is 2. The van der Waals surface area contributed by atoms with Gasteiger partial charge in [0.05, 0.1) is 16.4 Å². The van der Waals surface area contributed by atoms with Crippen LogP contribution in [-0.4, -0.2) is 54.4 Å². The van der Waals surface area contributed by atoms with Crippen LogP contribution in [0.4, 0.5) is 10.2 Å². The van der Waals surface area contributed by atoms with E-state index in [0.29, 0.717) is 5.39 Å². The number of imidazole rings is 1. The molecular weight excluding hydrogens is 555 g/mol. The van der Waals surface area contributed by atoms with Gasteiger partial charge < -0.3 is 20.5 Å². The highest BCUT2D eigenvalue weighted by Gasteiger charge is 2.36. The van der Waals surface area contributed by atoms with Gasteiger partial charge in [-0.2, -0.15) is 4.37 Å². The average Bonchev–Trinajstić information content (AvgIpc) is 3.46. The lowest BCUT2D eigenvalue weighted by Crippen LogP contribution is -2.41. The van der Waals surface area contributed by atoms with Gasteiger partial charge in [-0.3, -0.25) is 18.6 Å². The lowest BCUT2D eigenvalue weighted by molar-refractivity contribution is -0.123. The van der Waals surface area contributed by atoms with Crippen molar-refractivity contribution >= 4 is 67.6 Å². The molecule has 4 aromatic rings. The Bertz CT molecular complexity index is 1620. The van der Waals surface area contributed by atoms with Crippen molar-refractivity contribution in [3.8, 4) is 0 Å². The molecule has 0 spiro atoms. The number of carbonyl (C=O) groups is 3. The van der Waals surface area contributed by atoms with Crippen LogP contribution in [0, 0.1) is 5.82 Å². The summed E-state index contributed by atoms with van der Waals surface area (Å²) in [5.41, 5.74) is 0.641. The summed E-state index contributed by atoms with van der Waals surface area (Å²) < 4.78 is 32.1. The van der Waals surface area contributed by atoms with Gasteiger partial charge in [0, 0.05) is 45.3 Å². The number of amides is 3. The van der Waals surface area contributed by atoms with Crippen LogP contribution in [0.1, 0.15) is 38.4 Å². The molecule has 0 bridgehead atoms. The Morgan fingerprint density at radius 2 is 2.05 bits per heavy atom. The summed E-state index contributed by atoms with van der Waals surface area (Å²) in [5, 5.41) is 8.93. The normalized spacial score (nSPS) is 15.6. The quantitative estimate of drug-likeness (QED) is 0.311. The number of rotatable bonds is 7. The SMILES string of the molecule is C[S@@](=O)CCNC(=O)c1nc(NC(=O)c2nsc3ccccc23)c2n1CC(=O)N[C@@H]2c1cc(F)ccc1Cl. The fraction of sp³-hybridized carbons (Fsp3) is 0.208. The number of benzene rings is 2. The number of nitrogens with zero attached hydrogens (tertiary/aromatic N) is 3. The van der Waals surface area contributed by atoms with Gasteiger partial charge in [-0.05, 0) is 35.8 Å². The van der Waals surface area contributed by atoms with Crippen molar-refractivity contribution in [3.63, 3.8) is 0 Å². The van der Waals surface area contributed by atoms with Crippen molar-refractivity contribution in [2.45, 2.75) is 12.6 Å². The highest BCUT2D eigenvalue weighted by Crippen LogP contribution is 2.36. The molecular formula is C24H20ClFN6O4S2. The minimum Gasteiger partial charge on any atom is -0.348 e. The van der Waals surface area contributed by atoms with E-state index in [0.717, 1.165) is 16.2 Å². The molecule has 2 atom stereocenters. The molecule has 0 unspecified atom stereocenters. The topological polar surface area (TPSA) is 135 Å². The van der Waals surface area contributed by atoms with Crippen molar-refractivity contribution in [1.82, 2.24) is 24.6 Å². The zero-order chi connectivity index (χ0) is 27.0. The number of hydrogen-bond donors (Lipinski definition) is 3. The maximum absolute atomic E-state index is 14.2. The predicted molar refractivity (Wildman–Crippen MR) is 142 cm³/mol. The first kappa shape index (κ1) is 25.9. The smallest absolute Gasteiger partial charge is 0.287 e. The minimum absolute atomic E-state index is 0.0124. The van der Waals surface area contributed by atoms with Crippen LogP contribution in [0.2, 0.25) is 5.02 Å². The van der Waals surface area contributed by atoms with Crippen LogP contribution < -0.4 is 16.0 Å². The fourth-order valence-corrected chi connectivity index (χ4v) is 5.56. The van der Waals surface area contributed by atoms with Gasteiger partial charge in [-0.15, -0.1) is 0 Å². The van der Waals surface area contributed by atoms with Crippen LogP contribution >= 0.6 is 23.1 Å². The maximum atomic E-state index is 14.2. The molecule has 5 rings (SSSR count). The highest BCUT2D eigenvalue weighted by atomic mass is 35.5. The minimum atomic E-state index is -1.13. The second-order valence-electron chi connectivity index (χ2n) is 8.44. The molecule has 0 radical (unpaired) electrons. The van der Waals surface area contributed by atoms with E-state index in [2.05, 4.69) is 25.3 Å². The lowest BCUT2D eigenvalue weighted by Gasteiger charge is -2.28. The van der Waals surface area contributed by atoms with Crippen molar-refractivity contribution in [3.05, 3.63) is 76.1 Å². The molecule has 0 aliphatic carbocycles. The van der Waals surface area contributed by atoms with Crippen molar-refractivity contribution in [2.75, 3.05) is 23.9 Å². The van der Waals surface area contributed by atoms with Gasteiger partial charge in [0.25, 0.3) is 11.8 Å². The molecule has 2 aromatic heterocycles. The van der Waals surface area contributed by atoms with Crippen LogP contribution in [0.3, 0.4) is 0 Å². The maximum Gasteiger partial charge on any atom is 0.287 e. The third-order valence-corrected chi connectivity index (χ3v) is 7.81. The number of hydrogen-bond acceptors (Lipinski definition) is 7. The van der Waals surface area contributed by atoms with Crippen LogP contribution in [0.15, 0.2) is 42.5 Å². The van der Waals surface area contributed by atoms with Crippen molar-refractivity contribution < 1.29 is 23.0 Å². The summed E-state index contributed by atoms with van der Waals surface area (Å²) in [4.78, 5) is 43.4. The van der Waals surface area contributed by atoms with Crippen LogP contribution in [-0.2, 0) is 22.1 Å². The summed E-state index contributed by atoms with van der Waals surface area (Å²) in [7, 11) is -1.13. The first-order valence-electron chi connectivity index (χ1n) is 11.3. The van der Waals surface area contributed by atoms with Gasteiger partial charge in [-0.1, -0.05) is 29.8 Å². The summed E-state index contributed by atoms with van der Waals surface area (Å²) in [6.07, 6.45) is 1.51. The Morgan fingerprint density at radius 1 is 1.26 bits per heavy atom. The second-order valence-corrected chi connectivity index (χ2v) is 11.2. The summed E-state index contributed by atoms with van der Waals surface area (Å²) >= 11 is 7.53. The van der Waals surface area contributed by atoms with Crippen LogP contribution in [0.5, 0.6) is 0 Å². The van der Waals surface area contributed by atoms with Gasteiger partial charge in [0.2, 0.25) is 11.7 Å². The molecule has 1 aliphatic heterocycles. The Labute approximate surface area is 227 Å². The van der Waals surface area contributed by atoms with Crippen molar-refractivity contribution in [1.29, 1.82) is 0 Å². The molecule has 0 saturated heterocycles. The lowest BCUT2D eigenvalue weighted by atomic mass is 10.0. The zero-order valence-corrected chi connectivity index (χ0v) is 22.2. The third kappa shape index (κ3) is 5.04. The number of carbonyl (C=O) groups excluding carboxylic acids is 3. The number of aromatic nitrogens is 3. The molecule has 10 nitrogen and oxygen atoms in total. The Kier molecular flexibility index (Phi) is 7.23. The number of anilines is 1. The van der Waals surface area contributed by atoms with E-state index in [1.165, 1.54) is 29.0 Å². The van der Waals surface area contributed by atoms with E-state index in [1.807, 2.05) is 12.1 Å². The summed E-state index contributed by atoms with van der Waals surface area (Å²) in [6.45, 7) is -0.161.